The van der Waals surface area contributed by atoms with Crippen molar-refractivity contribution in [1.29, 1.82) is 0 Å². The Balaban J connectivity index is 2.69. The number of halogens is 1. The van der Waals surface area contributed by atoms with Gasteiger partial charge in [0.1, 0.15) is 0 Å². The van der Waals surface area contributed by atoms with Gasteiger partial charge >= 0.3 is 6.16 Å². The van der Waals surface area contributed by atoms with Crippen molar-refractivity contribution in [3.8, 4) is 5.88 Å². The number of methoxy groups -OCH3 is 1. The Kier molecular flexibility index (Phi) is 2.88. The monoisotopic (exact) mass is 187 g/mol. The summed E-state index contributed by atoms with van der Waals surface area (Å²) in [5.41, 5.74) is 0. The molecular formula is C7H6ClNO3. The fourth-order valence-electron chi connectivity index (χ4n) is 0.568. The molecule has 1 rings (SSSR count). The number of carbonyl (C=O) groups excluding carboxylic acids is 1. The van der Waals surface area contributed by atoms with Crippen LogP contribution >= 0.6 is 11.6 Å². The van der Waals surface area contributed by atoms with Gasteiger partial charge in [0.25, 0.3) is 0 Å². The summed E-state index contributed by atoms with van der Waals surface area (Å²) in [6.07, 6.45) is 0.616. The second kappa shape index (κ2) is 3.92. The topological polar surface area (TPSA) is 48.4 Å². The molecule has 1 heterocycles. The molecule has 4 nitrogen and oxygen atoms in total. The van der Waals surface area contributed by atoms with Gasteiger partial charge in [0.15, 0.2) is 0 Å². The van der Waals surface area contributed by atoms with Gasteiger partial charge in [-0.25, -0.2) is 9.78 Å². The van der Waals surface area contributed by atoms with Crippen molar-refractivity contribution in [2.75, 3.05) is 7.11 Å². The van der Waals surface area contributed by atoms with Crippen molar-refractivity contribution in [3.05, 3.63) is 23.4 Å². The summed E-state index contributed by atoms with van der Waals surface area (Å²) in [5, 5.41) is 0.448. The van der Waals surface area contributed by atoms with Gasteiger partial charge in [0.2, 0.25) is 5.88 Å². The molecule has 0 aliphatic heterocycles. The van der Waals surface area contributed by atoms with Gasteiger partial charge in [-0.05, 0) is 6.07 Å². The van der Waals surface area contributed by atoms with E-state index in [0.29, 0.717) is 5.02 Å². The van der Waals surface area contributed by atoms with Crippen LogP contribution in [0.4, 0.5) is 4.79 Å². The van der Waals surface area contributed by atoms with E-state index in [9.17, 15) is 4.79 Å². The van der Waals surface area contributed by atoms with E-state index in [4.69, 9.17) is 11.6 Å². The predicted molar refractivity (Wildman–Crippen MR) is 42.3 cm³/mol. The van der Waals surface area contributed by atoms with Crippen LogP contribution in [0.5, 0.6) is 5.88 Å². The SMILES string of the molecule is COC(=O)Oc1cc(Cl)ccn1. The second-order valence-electron chi connectivity index (χ2n) is 1.87. The van der Waals surface area contributed by atoms with Crippen LogP contribution in [0, 0.1) is 0 Å². The Labute approximate surface area is 74.1 Å². The summed E-state index contributed by atoms with van der Waals surface area (Å²) in [4.78, 5) is 14.3. The third kappa shape index (κ3) is 2.39. The summed E-state index contributed by atoms with van der Waals surface area (Å²) < 4.78 is 8.84. The van der Waals surface area contributed by atoms with Crippen molar-refractivity contribution < 1.29 is 14.3 Å². The van der Waals surface area contributed by atoms with Gasteiger partial charge in [-0.15, -0.1) is 0 Å². The molecule has 0 atom stereocenters. The first-order valence-electron chi connectivity index (χ1n) is 3.09. The van der Waals surface area contributed by atoms with Gasteiger partial charge < -0.3 is 9.47 Å². The minimum absolute atomic E-state index is 0.120. The van der Waals surface area contributed by atoms with Crippen LogP contribution in [0.25, 0.3) is 0 Å². The van der Waals surface area contributed by atoms with Crippen molar-refractivity contribution in [2.45, 2.75) is 0 Å². The van der Waals surface area contributed by atoms with Crippen LogP contribution in [0.15, 0.2) is 18.3 Å². The Hall–Kier alpha value is -1.29. The number of pyridine rings is 1. The summed E-state index contributed by atoms with van der Waals surface area (Å²) in [6, 6.07) is 2.99. The highest BCUT2D eigenvalue weighted by Gasteiger charge is 2.03. The van der Waals surface area contributed by atoms with E-state index in [1.807, 2.05) is 0 Å². The third-order valence-corrected chi connectivity index (χ3v) is 1.29. The van der Waals surface area contributed by atoms with Gasteiger partial charge in [-0.1, -0.05) is 11.6 Å². The zero-order valence-corrected chi connectivity index (χ0v) is 7.04. The fraction of sp³-hybridized carbons (Fsp3) is 0.143. The summed E-state index contributed by atoms with van der Waals surface area (Å²) in [5.74, 6) is 0.120. The van der Waals surface area contributed by atoms with E-state index < -0.39 is 6.16 Å². The average Bonchev–Trinajstić information content (AvgIpc) is 2.04. The fourth-order valence-corrected chi connectivity index (χ4v) is 0.718. The second-order valence-corrected chi connectivity index (χ2v) is 2.30. The molecule has 0 N–H and O–H groups in total. The molecule has 0 aliphatic rings. The van der Waals surface area contributed by atoms with Crippen LogP contribution in [0.2, 0.25) is 5.02 Å². The molecule has 0 fully saturated rings. The molecule has 0 bridgehead atoms. The lowest BCUT2D eigenvalue weighted by molar-refractivity contribution is 0.119. The maximum absolute atomic E-state index is 10.6. The zero-order valence-electron chi connectivity index (χ0n) is 6.28. The number of rotatable bonds is 1. The van der Waals surface area contributed by atoms with E-state index in [-0.39, 0.29) is 5.88 Å². The smallest absolute Gasteiger partial charge is 0.437 e. The molecule has 64 valence electrons. The zero-order chi connectivity index (χ0) is 8.97. The molecule has 1 aromatic heterocycles. The first kappa shape index (κ1) is 8.80. The first-order valence-corrected chi connectivity index (χ1v) is 3.47. The lowest BCUT2D eigenvalue weighted by atomic mass is 10.5. The molecule has 0 unspecified atom stereocenters. The highest BCUT2D eigenvalue weighted by Crippen LogP contribution is 2.13. The number of nitrogens with zero attached hydrogens (tertiary/aromatic N) is 1. The predicted octanol–water partition coefficient (Wildman–Crippen LogP) is 1.88. The van der Waals surface area contributed by atoms with Gasteiger partial charge in [0.05, 0.1) is 7.11 Å². The standard InChI is InChI=1S/C7H6ClNO3/c1-11-7(10)12-6-4-5(8)2-3-9-6/h2-4H,1H3. The van der Waals surface area contributed by atoms with Crippen LogP contribution in [-0.4, -0.2) is 18.2 Å². The highest BCUT2D eigenvalue weighted by atomic mass is 35.5. The first-order chi connectivity index (χ1) is 5.72. The Bertz CT molecular complexity index is 290. The number of ether oxygens (including phenoxy) is 2. The van der Waals surface area contributed by atoms with Gasteiger partial charge in [-0.2, -0.15) is 0 Å². The van der Waals surface area contributed by atoms with Crippen molar-refractivity contribution in [2.24, 2.45) is 0 Å². The van der Waals surface area contributed by atoms with E-state index in [2.05, 4.69) is 14.5 Å². The molecule has 5 heteroatoms. The Morgan fingerprint density at radius 2 is 2.42 bits per heavy atom. The average molecular weight is 188 g/mol. The molecular weight excluding hydrogens is 182 g/mol. The maximum atomic E-state index is 10.6. The van der Waals surface area contributed by atoms with E-state index in [0.717, 1.165) is 0 Å². The molecule has 0 spiro atoms. The van der Waals surface area contributed by atoms with Crippen LogP contribution in [0.1, 0.15) is 0 Å². The summed E-state index contributed by atoms with van der Waals surface area (Å²) in [6.45, 7) is 0. The molecule has 12 heavy (non-hydrogen) atoms. The van der Waals surface area contributed by atoms with Crippen molar-refractivity contribution in [1.82, 2.24) is 4.98 Å². The van der Waals surface area contributed by atoms with Crippen LogP contribution < -0.4 is 4.74 Å². The molecule has 0 aromatic carbocycles. The van der Waals surface area contributed by atoms with Gasteiger partial charge in [0, 0.05) is 17.3 Å². The Morgan fingerprint density at radius 1 is 1.67 bits per heavy atom. The third-order valence-electron chi connectivity index (χ3n) is 1.05. The maximum Gasteiger partial charge on any atom is 0.514 e. The molecule has 0 saturated heterocycles. The van der Waals surface area contributed by atoms with E-state index in [1.165, 1.54) is 19.4 Å². The van der Waals surface area contributed by atoms with Gasteiger partial charge in [-0.3, -0.25) is 0 Å². The summed E-state index contributed by atoms with van der Waals surface area (Å²) in [7, 11) is 1.22. The van der Waals surface area contributed by atoms with E-state index in [1.54, 1.807) is 6.07 Å². The number of hydrogen-bond acceptors (Lipinski definition) is 4. The molecule has 0 saturated carbocycles. The molecule has 1 aromatic rings. The van der Waals surface area contributed by atoms with Crippen molar-refractivity contribution >= 4 is 17.8 Å². The molecule has 0 amide bonds. The Morgan fingerprint density at radius 3 is 3.00 bits per heavy atom. The number of aromatic nitrogens is 1. The quantitative estimate of drug-likeness (QED) is 0.630. The molecule has 0 aliphatic carbocycles. The lowest BCUT2D eigenvalue weighted by Gasteiger charge is -1.99. The minimum Gasteiger partial charge on any atom is -0.437 e. The summed E-state index contributed by atoms with van der Waals surface area (Å²) >= 11 is 5.60. The van der Waals surface area contributed by atoms with Crippen LogP contribution in [-0.2, 0) is 4.74 Å². The largest absolute Gasteiger partial charge is 0.514 e. The lowest BCUT2D eigenvalue weighted by Crippen LogP contribution is -2.07. The molecule has 0 radical (unpaired) electrons. The van der Waals surface area contributed by atoms with E-state index >= 15 is 0 Å². The van der Waals surface area contributed by atoms with Crippen LogP contribution in [0.3, 0.4) is 0 Å². The minimum atomic E-state index is -0.815. The highest BCUT2D eigenvalue weighted by molar-refractivity contribution is 6.30. The number of carbonyl (C=O) groups is 1. The normalized spacial score (nSPS) is 9.17. The number of hydrogen-bond donors (Lipinski definition) is 0. The van der Waals surface area contributed by atoms with Crippen molar-refractivity contribution in [3.63, 3.8) is 0 Å².